The van der Waals surface area contributed by atoms with Crippen LogP contribution in [0.15, 0.2) is 16.6 Å². The number of nitrogens with one attached hydrogen (secondary N) is 1. The highest BCUT2D eigenvalue weighted by atomic mass is 32.2. The Labute approximate surface area is 125 Å². The lowest BCUT2D eigenvalue weighted by atomic mass is 10.4. The lowest BCUT2D eigenvalue weighted by Gasteiger charge is -2.09. The molecule has 0 aliphatic rings. The number of hydrogen-bond acceptors (Lipinski definition) is 6. The molecule has 0 spiro atoms. The van der Waals surface area contributed by atoms with Gasteiger partial charge in [0.1, 0.15) is 10.8 Å². The van der Waals surface area contributed by atoms with Crippen molar-refractivity contribution < 1.29 is 18.3 Å². The van der Waals surface area contributed by atoms with E-state index in [2.05, 4.69) is 14.7 Å². The van der Waals surface area contributed by atoms with Crippen LogP contribution in [0.3, 0.4) is 0 Å². The number of sulfonamides is 1. The van der Waals surface area contributed by atoms with Gasteiger partial charge in [-0.05, 0) is 13.8 Å². The predicted octanol–water partition coefficient (Wildman–Crippen LogP) is 0.923. The minimum Gasteiger partial charge on any atom is -0.476 e. The van der Waals surface area contributed by atoms with E-state index in [-0.39, 0.29) is 10.7 Å². The molecule has 2 aromatic rings. The van der Waals surface area contributed by atoms with Crippen LogP contribution in [0.5, 0.6) is 0 Å². The number of aromatic carboxylic acids is 1. The third-order valence-electron chi connectivity index (χ3n) is 2.81. The number of aryl methyl sites for hydroxylation is 2. The molecular weight excluding hydrogens is 316 g/mol. The van der Waals surface area contributed by atoms with Gasteiger partial charge in [0.05, 0.1) is 6.04 Å². The second kappa shape index (κ2) is 5.54. The smallest absolute Gasteiger partial charge is 0.355 e. The molecule has 0 radical (unpaired) electrons. The summed E-state index contributed by atoms with van der Waals surface area (Å²) in [5.41, 5.74) is -0.102. The molecule has 0 bridgehead atoms. The number of carboxylic acids is 1. The Morgan fingerprint density at radius 2 is 2.14 bits per heavy atom. The second-order valence-corrected chi connectivity index (χ2v) is 7.01. The second-order valence-electron chi connectivity index (χ2n) is 4.46. The molecule has 0 aromatic carbocycles. The Morgan fingerprint density at radius 3 is 2.62 bits per heavy atom. The van der Waals surface area contributed by atoms with E-state index >= 15 is 0 Å². The molecule has 1 atom stereocenters. The summed E-state index contributed by atoms with van der Waals surface area (Å²) in [6.45, 7) is 3.29. The Morgan fingerprint density at radius 1 is 1.48 bits per heavy atom. The molecule has 8 nitrogen and oxygen atoms in total. The van der Waals surface area contributed by atoms with Gasteiger partial charge >= 0.3 is 5.97 Å². The van der Waals surface area contributed by atoms with Crippen molar-refractivity contribution in [3.8, 4) is 0 Å². The first-order valence-electron chi connectivity index (χ1n) is 5.91. The fourth-order valence-electron chi connectivity index (χ4n) is 1.58. The molecule has 2 heterocycles. The number of aromatic nitrogens is 3. The molecule has 1 unspecified atom stereocenters. The molecule has 0 aliphatic heterocycles. The van der Waals surface area contributed by atoms with Crippen LogP contribution in [-0.2, 0) is 17.1 Å². The number of rotatable bonds is 5. The average Bonchev–Trinajstić information content (AvgIpc) is 2.97. The van der Waals surface area contributed by atoms with Crippen LogP contribution in [0, 0.1) is 6.92 Å². The van der Waals surface area contributed by atoms with E-state index in [4.69, 9.17) is 5.11 Å². The molecule has 0 amide bonds. The van der Waals surface area contributed by atoms with Gasteiger partial charge in [-0.3, -0.25) is 0 Å². The SMILES string of the molecule is Cc1nc(S(=O)(=O)NC(C)c2nc(C(=O)O)cs2)cn1C. The molecule has 2 rings (SSSR count). The summed E-state index contributed by atoms with van der Waals surface area (Å²) in [5.74, 6) is -0.571. The van der Waals surface area contributed by atoms with E-state index in [1.165, 1.54) is 11.6 Å². The molecular formula is C11H14N4O4S2. The first-order valence-corrected chi connectivity index (χ1v) is 8.28. The van der Waals surface area contributed by atoms with E-state index in [1.54, 1.807) is 25.5 Å². The zero-order valence-corrected chi connectivity index (χ0v) is 13.2. The van der Waals surface area contributed by atoms with Crippen molar-refractivity contribution in [1.29, 1.82) is 0 Å². The first-order chi connectivity index (χ1) is 9.70. The van der Waals surface area contributed by atoms with Crippen molar-refractivity contribution >= 4 is 27.3 Å². The lowest BCUT2D eigenvalue weighted by Crippen LogP contribution is -2.27. The van der Waals surface area contributed by atoms with Crippen LogP contribution >= 0.6 is 11.3 Å². The van der Waals surface area contributed by atoms with E-state index in [0.29, 0.717) is 10.8 Å². The van der Waals surface area contributed by atoms with Crippen LogP contribution in [0.4, 0.5) is 0 Å². The molecule has 2 N–H and O–H groups in total. The molecule has 2 aromatic heterocycles. The van der Waals surface area contributed by atoms with Gasteiger partial charge < -0.3 is 9.67 Å². The fourth-order valence-corrected chi connectivity index (χ4v) is 3.71. The minimum atomic E-state index is -3.78. The van der Waals surface area contributed by atoms with Gasteiger partial charge in [0.25, 0.3) is 10.0 Å². The van der Waals surface area contributed by atoms with E-state index in [0.717, 1.165) is 11.3 Å². The lowest BCUT2D eigenvalue weighted by molar-refractivity contribution is 0.0691. The Balaban J connectivity index is 2.21. The minimum absolute atomic E-state index is 0.0793. The van der Waals surface area contributed by atoms with Crippen LogP contribution in [0.2, 0.25) is 0 Å². The van der Waals surface area contributed by atoms with Gasteiger partial charge in [-0.2, -0.15) is 0 Å². The number of hydrogen-bond donors (Lipinski definition) is 2. The topological polar surface area (TPSA) is 114 Å². The molecule has 10 heteroatoms. The standard InChI is InChI=1S/C11H14N4O4S2/c1-6(10-13-8(5-20-10)11(16)17)14-21(18,19)9-4-15(3)7(2)12-9/h4-6,14H,1-3H3,(H,16,17). The summed E-state index contributed by atoms with van der Waals surface area (Å²) in [6, 6.07) is -0.643. The highest BCUT2D eigenvalue weighted by Gasteiger charge is 2.23. The summed E-state index contributed by atoms with van der Waals surface area (Å²) < 4.78 is 28.4. The third kappa shape index (κ3) is 3.28. The van der Waals surface area contributed by atoms with Gasteiger partial charge in [0, 0.05) is 18.6 Å². The van der Waals surface area contributed by atoms with Crippen LogP contribution in [-0.4, -0.2) is 34.0 Å². The average molecular weight is 330 g/mol. The maximum absolute atomic E-state index is 12.2. The third-order valence-corrected chi connectivity index (χ3v) is 5.24. The summed E-state index contributed by atoms with van der Waals surface area (Å²) in [4.78, 5) is 18.6. The van der Waals surface area contributed by atoms with Crippen molar-refractivity contribution in [2.24, 2.45) is 7.05 Å². The summed E-state index contributed by atoms with van der Waals surface area (Å²) in [6.07, 6.45) is 1.41. The quantitative estimate of drug-likeness (QED) is 0.842. The van der Waals surface area contributed by atoms with Crippen molar-refractivity contribution in [1.82, 2.24) is 19.3 Å². The van der Waals surface area contributed by atoms with Crippen molar-refractivity contribution in [3.05, 3.63) is 28.1 Å². The molecule has 0 aliphatic carbocycles. The van der Waals surface area contributed by atoms with Crippen molar-refractivity contribution in [3.63, 3.8) is 0 Å². The molecule has 0 saturated carbocycles. The predicted molar refractivity (Wildman–Crippen MR) is 75.8 cm³/mol. The Hall–Kier alpha value is -1.78. The first kappa shape index (κ1) is 15.6. The van der Waals surface area contributed by atoms with Gasteiger partial charge in [-0.1, -0.05) is 0 Å². The van der Waals surface area contributed by atoms with Gasteiger partial charge in [-0.15, -0.1) is 11.3 Å². The zero-order valence-electron chi connectivity index (χ0n) is 11.6. The van der Waals surface area contributed by atoms with Gasteiger partial charge in [0.2, 0.25) is 0 Å². The number of carbonyl (C=O) groups is 1. The maximum Gasteiger partial charge on any atom is 0.355 e. The van der Waals surface area contributed by atoms with Crippen molar-refractivity contribution in [2.75, 3.05) is 0 Å². The van der Waals surface area contributed by atoms with E-state index < -0.39 is 22.0 Å². The molecule has 0 fully saturated rings. The summed E-state index contributed by atoms with van der Waals surface area (Å²) >= 11 is 1.09. The van der Waals surface area contributed by atoms with E-state index in [9.17, 15) is 13.2 Å². The highest BCUT2D eigenvalue weighted by Crippen LogP contribution is 2.20. The van der Waals surface area contributed by atoms with Gasteiger partial charge in [0.15, 0.2) is 10.7 Å². The zero-order chi connectivity index (χ0) is 15.8. The highest BCUT2D eigenvalue weighted by molar-refractivity contribution is 7.89. The number of nitrogens with zero attached hydrogens (tertiary/aromatic N) is 3. The molecule has 21 heavy (non-hydrogen) atoms. The Bertz CT molecular complexity index is 758. The van der Waals surface area contributed by atoms with Crippen molar-refractivity contribution in [2.45, 2.75) is 24.9 Å². The number of thiazole rings is 1. The van der Waals surface area contributed by atoms with Crippen LogP contribution < -0.4 is 4.72 Å². The Kier molecular flexibility index (Phi) is 4.12. The van der Waals surface area contributed by atoms with Crippen LogP contribution in [0.25, 0.3) is 0 Å². The summed E-state index contributed by atoms with van der Waals surface area (Å²) in [5, 5.41) is 10.5. The number of carboxylic acid groups (broad SMARTS) is 1. The number of imidazole rings is 1. The van der Waals surface area contributed by atoms with Crippen LogP contribution in [0.1, 0.15) is 34.3 Å². The van der Waals surface area contributed by atoms with E-state index in [1.807, 2.05) is 0 Å². The molecule has 0 saturated heterocycles. The summed E-state index contributed by atoms with van der Waals surface area (Å²) in [7, 11) is -2.08. The monoisotopic (exact) mass is 330 g/mol. The van der Waals surface area contributed by atoms with Gasteiger partial charge in [-0.25, -0.2) is 27.9 Å². The largest absolute Gasteiger partial charge is 0.476 e. The normalized spacial score (nSPS) is 13.3. The molecule has 114 valence electrons. The maximum atomic E-state index is 12.2. The fraction of sp³-hybridized carbons (Fsp3) is 0.364.